The van der Waals surface area contributed by atoms with E-state index in [2.05, 4.69) is 213 Å². The van der Waals surface area contributed by atoms with Gasteiger partial charge >= 0.3 is 0 Å². The van der Waals surface area contributed by atoms with Crippen LogP contribution in [-0.2, 0) is 0 Å². The molecule has 0 amide bonds. The molecule has 0 aromatic heterocycles. The molecule has 0 radical (unpaired) electrons. The highest BCUT2D eigenvalue weighted by atomic mass is 79.9. The van der Waals surface area contributed by atoms with Gasteiger partial charge in [-0.05, 0) is 120 Å². The van der Waals surface area contributed by atoms with Crippen LogP contribution in [-0.4, -0.2) is 0 Å². The smallest absolute Gasteiger partial charge is 0.0546 e. The molecule has 0 aliphatic carbocycles. The molecule has 8 rings (SSSR count). The van der Waals surface area contributed by atoms with Crippen LogP contribution in [0.15, 0.2) is 167 Å². The molecule has 48 heavy (non-hydrogen) atoms. The van der Waals surface area contributed by atoms with Crippen LogP contribution in [0.5, 0.6) is 0 Å². The highest BCUT2D eigenvalue weighted by molar-refractivity contribution is 9.10. The van der Waals surface area contributed by atoms with Crippen molar-refractivity contribution in [1.82, 2.24) is 0 Å². The average molecular weight is 749 g/mol. The molecule has 0 saturated carbocycles. The summed E-state index contributed by atoms with van der Waals surface area (Å²) in [6.45, 7) is 4.27. The summed E-state index contributed by atoms with van der Waals surface area (Å²) in [6.07, 6.45) is 0. The number of aryl methyl sites for hydroxylation is 2. The van der Waals surface area contributed by atoms with Crippen molar-refractivity contribution < 1.29 is 0 Å². The maximum atomic E-state index is 3.65. The maximum Gasteiger partial charge on any atom is 0.0546 e. The van der Waals surface area contributed by atoms with Gasteiger partial charge in [-0.15, -0.1) is 0 Å². The van der Waals surface area contributed by atoms with Gasteiger partial charge in [-0.3, -0.25) is 0 Å². The molecule has 0 saturated heterocycles. The molecule has 4 heteroatoms. The van der Waals surface area contributed by atoms with Gasteiger partial charge in [-0.25, -0.2) is 0 Å². The van der Waals surface area contributed by atoms with Gasteiger partial charge in [-0.2, -0.15) is 0 Å². The first-order valence-corrected chi connectivity index (χ1v) is 17.7. The zero-order valence-electron chi connectivity index (χ0n) is 26.7. The molecule has 0 atom stereocenters. The van der Waals surface area contributed by atoms with Gasteiger partial charge in [0.1, 0.15) is 0 Å². The Morgan fingerprint density at radius 2 is 0.625 bits per heavy atom. The molecule has 0 aliphatic heterocycles. The Kier molecular flexibility index (Phi) is 7.99. The van der Waals surface area contributed by atoms with E-state index in [4.69, 9.17) is 0 Å². The lowest BCUT2D eigenvalue weighted by molar-refractivity contribution is 1.29. The molecule has 0 fully saturated rings. The first-order chi connectivity index (χ1) is 23.4. The zero-order valence-corrected chi connectivity index (χ0v) is 29.8. The molecule has 0 spiro atoms. The van der Waals surface area contributed by atoms with E-state index in [-0.39, 0.29) is 0 Å². The fourth-order valence-electron chi connectivity index (χ4n) is 6.71. The molecule has 0 unspecified atom stereocenters. The van der Waals surface area contributed by atoms with Gasteiger partial charge in [0.05, 0.1) is 11.4 Å². The first kappa shape index (κ1) is 30.4. The Labute approximate surface area is 298 Å². The van der Waals surface area contributed by atoms with E-state index >= 15 is 0 Å². The number of hydrogen-bond acceptors (Lipinski definition) is 2. The predicted octanol–water partition coefficient (Wildman–Crippen LogP) is 14.2. The summed E-state index contributed by atoms with van der Waals surface area (Å²) in [5, 5.41) is 7.26. The van der Waals surface area contributed by atoms with Crippen molar-refractivity contribution in [2.24, 2.45) is 0 Å². The second kappa shape index (κ2) is 12.6. The highest BCUT2D eigenvalue weighted by Gasteiger charge is 2.22. The summed E-state index contributed by atoms with van der Waals surface area (Å²) in [4.78, 5) is 4.77. The monoisotopic (exact) mass is 746 g/mol. The topological polar surface area (TPSA) is 6.48 Å². The lowest BCUT2D eigenvalue weighted by Crippen LogP contribution is -2.12. The maximum absolute atomic E-state index is 3.65. The van der Waals surface area contributed by atoms with Crippen molar-refractivity contribution in [3.8, 4) is 0 Å². The predicted molar refractivity (Wildman–Crippen MR) is 213 cm³/mol. The number of halogens is 2. The SMILES string of the molecule is Cc1ccc(N(c2ccc(Br)cc2)c2cc3c4ccccc4c(N(c4ccc(C)cc4)c4ccc(Br)cc4)cc3c3ccccc23)cc1. The molecule has 0 heterocycles. The number of rotatable bonds is 6. The van der Waals surface area contributed by atoms with Crippen LogP contribution >= 0.6 is 31.9 Å². The van der Waals surface area contributed by atoms with Gasteiger partial charge in [0.2, 0.25) is 0 Å². The number of hydrogen-bond donors (Lipinski definition) is 0. The molecule has 0 aliphatic rings. The minimum Gasteiger partial charge on any atom is -0.310 e. The van der Waals surface area contributed by atoms with Crippen LogP contribution in [0.2, 0.25) is 0 Å². The second-order valence-electron chi connectivity index (χ2n) is 12.3. The molecule has 8 aromatic carbocycles. The molecule has 232 valence electrons. The minimum absolute atomic E-state index is 1.06. The van der Waals surface area contributed by atoms with Crippen molar-refractivity contribution in [1.29, 1.82) is 0 Å². The number of benzene rings is 8. The lowest BCUT2D eigenvalue weighted by Gasteiger charge is -2.30. The molecular weight excluding hydrogens is 716 g/mol. The van der Waals surface area contributed by atoms with E-state index in [1.807, 2.05) is 0 Å². The first-order valence-electron chi connectivity index (χ1n) is 16.1. The van der Waals surface area contributed by atoms with Crippen molar-refractivity contribution in [2.45, 2.75) is 13.8 Å². The molecule has 2 nitrogen and oxygen atoms in total. The number of fused-ring (bicyclic) bond motifs is 5. The van der Waals surface area contributed by atoms with Gasteiger partial charge in [0.15, 0.2) is 0 Å². The summed E-state index contributed by atoms with van der Waals surface area (Å²) in [7, 11) is 0. The van der Waals surface area contributed by atoms with E-state index in [0.717, 1.165) is 43.1 Å². The van der Waals surface area contributed by atoms with Crippen LogP contribution in [0.3, 0.4) is 0 Å². The van der Waals surface area contributed by atoms with Crippen molar-refractivity contribution in [3.05, 3.63) is 178 Å². The van der Waals surface area contributed by atoms with E-state index in [1.165, 1.54) is 43.4 Å². The van der Waals surface area contributed by atoms with Crippen LogP contribution < -0.4 is 9.80 Å². The fourth-order valence-corrected chi connectivity index (χ4v) is 7.23. The van der Waals surface area contributed by atoms with Gasteiger partial charge < -0.3 is 9.80 Å². The van der Waals surface area contributed by atoms with E-state index < -0.39 is 0 Å². The summed E-state index contributed by atoms with van der Waals surface area (Å²) in [5.41, 5.74) is 9.21. The molecule has 8 aromatic rings. The quantitative estimate of drug-likeness (QED) is 0.156. The van der Waals surface area contributed by atoms with Gasteiger partial charge in [0, 0.05) is 42.5 Å². The third-order valence-corrected chi connectivity index (χ3v) is 10.1. The fraction of sp³-hybridized carbons (Fsp3) is 0.0455. The van der Waals surface area contributed by atoms with Crippen molar-refractivity contribution in [2.75, 3.05) is 9.80 Å². The van der Waals surface area contributed by atoms with Crippen molar-refractivity contribution >= 4 is 98.3 Å². The Balaban J connectivity index is 1.46. The number of anilines is 6. The Morgan fingerprint density at radius 3 is 0.958 bits per heavy atom. The normalized spacial score (nSPS) is 11.3. The standard InChI is InChI=1S/C44H32Br2N2/c1-29-11-19-33(20-12-29)47(35-23-15-31(45)16-24-35)43-27-41-38-8-4-6-10-40(38)44(28-42(41)37-7-3-5-9-39(37)43)48(34-21-13-30(2)14-22-34)36-25-17-32(46)18-26-36/h3-28H,1-2H3. The number of nitrogens with zero attached hydrogens (tertiary/aromatic N) is 2. The third-order valence-electron chi connectivity index (χ3n) is 9.07. The second-order valence-corrected chi connectivity index (χ2v) is 14.1. The van der Waals surface area contributed by atoms with E-state index in [0.29, 0.717) is 0 Å². The van der Waals surface area contributed by atoms with Crippen LogP contribution in [0.4, 0.5) is 34.1 Å². The highest BCUT2D eigenvalue weighted by Crippen LogP contribution is 2.47. The summed E-state index contributed by atoms with van der Waals surface area (Å²) >= 11 is 7.30. The van der Waals surface area contributed by atoms with E-state index in [9.17, 15) is 0 Å². The molecular formula is C44H32Br2N2. The zero-order chi connectivity index (χ0) is 32.8. The average Bonchev–Trinajstić information content (AvgIpc) is 3.12. The Hall–Kier alpha value is -4.90. The minimum atomic E-state index is 1.06. The lowest BCUT2D eigenvalue weighted by atomic mass is 9.93. The Bertz CT molecular complexity index is 2150. The molecule has 0 bridgehead atoms. The van der Waals surface area contributed by atoms with Gasteiger partial charge in [0.25, 0.3) is 0 Å². The summed E-state index contributed by atoms with van der Waals surface area (Å²) in [5.74, 6) is 0. The van der Waals surface area contributed by atoms with Crippen LogP contribution in [0.1, 0.15) is 11.1 Å². The van der Waals surface area contributed by atoms with Crippen LogP contribution in [0.25, 0.3) is 32.3 Å². The van der Waals surface area contributed by atoms with Crippen LogP contribution in [0, 0.1) is 13.8 Å². The summed E-state index contributed by atoms with van der Waals surface area (Å²) in [6, 6.07) is 57.2. The summed E-state index contributed by atoms with van der Waals surface area (Å²) < 4.78 is 2.11. The largest absolute Gasteiger partial charge is 0.310 e. The van der Waals surface area contributed by atoms with Crippen molar-refractivity contribution in [3.63, 3.8) is 0 Å². The van der Waals surface area contributed by atoms with Gasteiger partial charge in [-0.1, -0.05) is 116 Å². The third kappa shape index (κ3) is 5.55. The van der Waals surface area contributed by atoms with E-state index in [1.54, 1.807) is 0 Å². The Morgan fingerprint density at radius 1 is 0.333 bits per heavy atom. The molecule has 0 N–H and O–H groups in total.